The highest BCUT2D eigenvalue weighted by molar-refractivity contribution is 5.88. The third-order valence-corrected chi connectivity index (χ3v) is 3.92. The number of benzene rings is 1. The zero-order valence-corrected chi connectivity index (χ0v) is 11.0. The summed E-state index contributed by atoms with van der Waals surface area (Å²) in [5.41, 5.74) is 7.98. The quantitative estimate of drug-likeness (QED) is 0.790. The number of fused-ring (bicyclic) bond motifs is 1. The summed E-state index contributed by atoms with van der Waals surface area (Å²) in [5, 5.41) is 8.99. The van der Waals surface area contributed by atoms with Gasteiger partial charge in [0, 0.05) is 19.1 Å². The maximum absolute atomic E-state index is 12.4. The van der Waals surface area contributed by atoms with Crippen molar-refractivity contribution in [1.29, 1.82) is 0 Å². The lowest BCUT2D eigenvalue weighted by Gasteiger charge is -2.19. The molecule has 1 heterocycles. The normalized spacial score (nSPS) is 23.9. The second-order valence-corrected chi connectivity index (χ2v) is 5.37. The Labute approximate surface area is 116 Å². The first kappa shape index (κ1) is 12.9. The highest BCUT2D eigenvalue weighted by Gasteiger charge is 2.30. The first-order valence-electron chi connectivity index (χ1n) is 6.62. The van der Waals surface area contributed by atoms with Gasteiger partial charge < -0.3 is 15.7 Å². The van der Waals surface area contributed by atoms with Gasteiger partial charge in [-0.3, -0.25) is 4.79 Å². The lowest BCUT2D eigenvalue weighted by atomic mass is 10.1. The number of carbonyl (C=O) groups excluding carboxylic acids is 1. The molecule has 20 heavy (non-hydrogen) atoms. The van der Waals surface area contributed by atoms with Crippen molar-refractivity contribution in [2.24, 2.45) is 11.7 Å². The van der Waals surface area contributed by atoms with Crippen LogP contribution in [0.5, 0.6) is 0 Å². The van der Waals surface area contributed by atoms with Crippen molar-refractivity contribution < 1.29 is 14.7 Å². The average Bonchev–Trinajstić information content (AvgIpc) is 3.02. The highest BCUT2D eigenvalue weighted by atomic mass is 16.4. The molecule has 2 aliphatic rings. The van der Waals surface area contributed by atoms with E-state index in [9.17, 15) is 9.59 Å². The molecule has 1 aliphatic heterocycles. The SMILES string of the molecule is NC1C=CC(C(=O)N2Cc3ccc(C(=O)O)cc3C2)C1. The van der Waals surface area contributed by atoms with Crippen LogP contribution in [-0.2, 0) is 17.9 Å². The molecule has 5 nitrogen and oxygen atoms in total. The summed E-state index contributed by atoms with van der Waals surface area (Å²) in [4.78, 5) is 25.1. The third-order valence-electron chi connectivity index (χ3n) is 3.92. The van der Waals surface area contributed by atoms with Crippen molar-refractivity contribution in [3.05, 3.63) is 47.0 Å². The summed E-state index contributed by atoms with van der Waals surface area (Å²) in [6, 6.07) is 5.00. The molecule has 1 aromatic carbocycles. The fourth-order valence-electron chi connectivity index (χ4n) is 2.83. The van der Waals surface area contributed by atoms with Gasteiger partial charge in [0.2, 0.25) is 5.91 Å². The lowest BCUT2D eigenvalue weighted by Crippen LogP contribution is -2.31. The fourth-order valence-corrected chi connectivity index (χ4v) is 2.83. The molecule has 1 amide bonds. The van der Waals surface area contributed by atoms with Crippen molar-refractivity contribution in [2.45, 2.75) is 25.6 Å². The molecule has 1 aliphatic carbocycles. The summed E-state index contributed by atoms with van der Waals surface area (Å²) >= 11 is 0. The summed E-state index contributed by atoms with van der Waals surface area (Å²) in [7, 11) is 0. The maximum Gasteiger partial charge on any atom is 0.335 e. The molecule has 104 valence electrons. The number of nitrogens with zero attached hydrogens (tertiary/aromatic N) is 1. The van der Waals surface area contributed by atoms with Crippen LogP contribution < -0.4 is 5.73 Å². The number of nitrogens with two attached hydrogens (primary N) is 1. The number of rotatable bonds is 2. The zero-order valence-electron chi connectivity index (χ0n) is 11.0. The van der Waals surface area contributed by atoms with E-state index in [0.29, 0.717) is 19.5 Å². The minimum absolute atomic E-state index is 0.0347. The Morgan fingerprint density at radius 3 is 2.60 bits per heavy atom. The average molecular weight is 272 g/mol. The molecular weight excluding hydrogens is 256 g/mol. The molecule has 0 spiro atoms. The Balaban J connectivity index is 1.75. The molecular formula is C15H16N2O3. The van der Waals surface area contributed by atoms with E-state index in [1.807, 2.05) is 12.2 Å². The number of amides is 1. The topological polar surface area (TPSA) is 83.6 Å². The molecule has 0 fully saturated rings. The van der Waals surface area contributed by atoms with Crippen molar-refractivity contribution >= 4 is 11.9 Å². The van der Waals surface area contributed by atoms with E-state index in [2.05, 4.69) is 0 Å². The van der Waals surface area contributed by atoms with Gasteiger partial charge in [-0.05, 0) is 29.7 Å². The number of hydrogen-bond acceptors (Lipinski definition) is 3. The van der Waals surface area contributed by atoms with Crippen LogP contribution in [0, 0.1) is 5.92 Å². The summed E-state index contributed by atoms with van der Waals surface area (Å²) in [5.74, 6) is -1.01. The van der Waals surface area contributed by atoms with Crippen LogP contribution in [0.2, 0.25) is 0 Å². The predicted octanol–water partition coefficient (Wildman–Crippen LogP) is 1.13. The second-order valence-electron chi connectivity index (χ2n) is 5.37. The Morgan fingerprint density at radius 2 is 1.95 bits per heavy atom. The van der Waals surface area contributed by atoms with Gasteiger partial charge in [0.15, 0.2) is 0 Å². The van der Waals surface area contributed by atoms with Crippen LogP contribution in [0.1, 0.15) is 27.9 Å². The zero-order chi connectivity index (χ0) is 14.3. The van der Waals surface area contributed by atoms with Crippen molar-refractivity contribution in [3.8, 4) is 0 Å². The summed E-state index contributed by atoms with van der Waals surface area (Å²) in [6.07, 6.45) is 4.40. The highest BCUT2D eigenvalue weighted by Crippen LogP contribution is 2.28. The van der Waals surface area contributed by atoms with Crippen LogP contribution in [0.3, 0.4) is 0 Å². The maximum atomic E-state index is 12.4. The van der Waals surface area contributed by atoms with E-state index in [4.69, 9.17) is 10.8 Å². The van der Waals surface area contributed by atoms with Crippen LogP contribution in [-0.4, -0.2) is 27.9 Å². The molecule has 2 unspecified atom stereocenters. The Kier molecular flexibility index (Phi) is 3.06. The van der Waals surface area contributed by atoms with Gasteiger partial charge in [-0.1, -0.05) is 18.2 Å². The smallest absolute Gasteiger partial charge is 0.335 e. The number of carbonyl (C=O) groups is 2. The van der Waals surface area contributed by atoms with Gasteiger partial charge >= 0.3 is 5.97 Å². The van der Waals surface area contributed by atoms with E-state index in [1.54, 1.807) is 23.1 Å². The number of aromatic carboxylic acids is 1. The van der Waals surface area contributed by atoms with Gasteiger partial charge in [0.1, 0.15) is 0 Å². The monoisotopic (exact) mass is 272 g/mol. The van der Waals surface area contributed by atoms with Gasteiger partial charge in [-0.2, -0.15) is 0 Å². The molecule has 0 aromatic heterocycles. The first-order valence-corrected chi connectivity index (χ1v) is 6.62. The largest absolute Gasteiger partial charge is 0.478 e. The summed E-state index contributed by atoms with van der Waals surface area (Å²) < 4.78 is 0. The number of hydrogen-bond donors (Lipinski definition) is 2. The van der Waals surface area contributed by atoms with Gasteiger partial charge in [-0.25, -0.2) is 4.79 Å². The molecule has 0 saturated heterocycles. The molecule has 3 rings (SSSR count). The predicted molar refractivity (Wildman–Crippen MR) is 72.9 cm³/mol. The van der Waals surface area contributed by atoms with Crippen LogP contribution in [0.25, 0.3) is 0 Å². The van der Waals surface area contributed by atoms with Crippen molar-refractivity contribution in [1.82, 2.24) is 4.90 Å². The van der Waals surface area contributed by atoms with Crippen molar-refractivity contribution in [2.75, 3.05) is 0 Å². The van der Waals surface area contributed by atoms with Gasteiger partial charge in [-0.15, -0.1) is 0 Å². The van der Waals surface area contributed by atoms with Crippen LogP contribution >= 0.6 is 0 Å². The summed E-state index contributed by atoms with van der Waals surface area (Å²) in [6.45, 7) is 1.03. The first-order chi connectivity index (χ1) is 9.54. The number of carboxylic acids is 1. The van der Waals surface area contributed by atoms with E-state index < -0.39 is 5.97 Å². The third kappa shape index (κ3) is 2.20. The Morgan fingerprint density at radius 1 is 1.20 bits per heavy atom. The minimum Gasteiger partial charge on any atom is -0.478 e. The van der Waals surface area contributed by atoms with Crippen molar-refractivity contribution in [3.63, 3.8) is 0 Å². The van der Waals surface area contributed by atoms with E-state index in [0.717, 1.165) is 11.1 Å². The molecule has 0 saturated carbocycles. The standard InChI is InChI=1S/C15H16N2O3/c16-13-4-3-9(6-13)14(18)17-7-11-2-1-10(15(19)20)5-12(11)8-17/h1-5,9,13H,6-8,16H2,(H,19,20). The minimum atomic E-state index is -0.942. The Bertz CT molecular complexity index is 609. The molecule has 0 bridgehead atoms. The molecule has 3 N–H and O–H groups in total. The van der Waals surface area contributed by atoms with Crippen LogP contribution in [0.15, 0.2) is 30.4 Å². The van der Waals surface area contributed by atoms with Crippen LogP contribution in [0.4, 0.5) is 0 Å². The molecule has 1 aromatic rings. The van der Waals surface area contributed by atoms with Gasteiger partial charge in [0.05, 0.1) is 11.5 Å². The van der Waals surface area contributed by atoms with E-state index in [-0.39, 0.29) is 23.4 Å². The van der Waals surface area contributed by atoms with E-state index >= 15 is 0 Å². The van der Waals surface area contributed by atoms with E-state index in [1.165, 1.54) is 0 Å². The fraction of sp³-hybridized carbons (Fsp3) is 0.333. The molecule has 0 radical (unpaired) electrons. The number of carboxylic acid groups (broad SMARTS) is 1. The molecule has 5 heteroatoms. The van der Waals surface area contributed by atoms with Gasteiger partial charge in [0.25, 0.3) is 0 Å². The Hall–Kier alpha value is -2.14. The molecule has 2 atom stereocenters. The second kappa shape index (κ2) is 4.76. The lowest BCUT2D eigenvalue weighted by molar-refractivity contribution is -0.134.